The minimum Gasteiger partial charge on any atom is -0.315 e. The van der Waals surface area contributed by atoms with Crippen LogP contribution in [0.25, 0.3) is 0 Å². The summed E-state index contributed by atoms with van der Waals surface area (Å²) in [5, 5.41) is 3.23. The lowest BCUT2D eigenvalue weighted by Gasteiger charge is -2.25. The highest BCUT2D eigenvalue weighted by molar-refractivity contribution is 7.86. The molecule has 0 unspecified atom stereocenters. The van der Waals surface area contributed by atoms with Crippen LogP contribution in [0.15, 0.2) is 24.3 Å². The van der Waals surface area contributed by atoms with E-state index < -0.39 is 10.2 Å². The normalized spacial score (nSPS) is 22.1. The van der Waals surface area contributed by atoms with Crippen molar-refractivity contribution in [3.05, 3.63) is 35.4 Å². The molecule has 3 rings (SSSR count). The summed E-state index contributed by atoms with van der Waals surface area (Å²) in [5.41, 5.74) is 2.25. The van der Waals surface area contributed by atoms with E-state index in [9.17, 15) is 8.42 Å². The Morgan fingerprint density at radius 1 is 0.947 bits per heavy atom. The molecule has 0 radical (unpaired) electrons. The predicted octanol–water partition coefficient (Wildman–Crippen LogP) is 0.542. The Bertz CT molecular complexity index is 526. The van der Waals surface area contributed by atoms with Crippen molar-refractivity contribution < 1.29 is 8.42 Å². The minimum atomic E-state index is -3.33. The average Bonchev–Trinajstić information content (AvgIpc) is 2.65. The summed E-state index contributed by atoms with van der Waals surface area (Å²) < 4.78 is 28.5. The third kappa shape index (κ3) is 2.53. The van der Waals surface area contributed by atoms with E-state index >= 15 is 0 Å². The molecular weight excluding hydrogens is 262 g/mol. The highest BCUT2D eigenvalue weighted by atomic mass is 32.2. The third-order valence-electron chi connectivity index (χ3n) is 3.76. The summed E-state index contributed by atoms with van der Waals surface area (Å²) >= 11 is 0. The van der Waals surface area contributed by atoms with Crippen LogP contribution in [-0.2, 0) is 23.3 Å². The maximum atomic E-state index is 12.6. The van der Waals surface area contributed by atoms with Gasteiger partial charge in [0.25, 0.3) is 10.2 Å². The zero-order valence-corrected chi connectivity index (χ0v) is 11.7. The van der Waals surface area contributed by atoms with Crippen LogP contribution in [0.1, 0.15) is 17.5 Å². The van der Waals surface area contributed by atoms with Gasteiger partial charge in [-0.2, -0.15) is 17.0 Å². The van der Waals surface area contributed by atoms with Crippen molar-refractivity contribution in [1.29, 1.82) is 0 Å². The van der Waals surface area contributed by atoms with Gasteiger partial charge in [0.05, 0.1) is 0 Å². The number of hydrogen-bond donors (Lipinski definition) is 1. The largest absolute Gasteiger partial charge is 0.315 e. The van der Waals surface area contributed by atoms with Crippen molar-refractivity contribution in [3.63, 3.8) is 0 Å². The molecule has 0 aromatic heterocycles. The number of rotatable bonds is 2. The van der Waals surface area contributed by atoms with Crippen molar-refractivity contribution in [2.45, 2.75) is 19.5 Å². The van der Waals surface area contributed by atoms with Gasteiger partial charge in [0.15, 0.2) is 0 Å². The molecular formula is C13H19N3O2S. The van der Waals surface area contributed by atoms with Crippen molar-refractivity contribution in [2.75, 3.05) is 26.2 Å². The molecule has 0 aliphatic carbocycles. The van der Waals surface area contributed by atoms with Crippen LogP contribution in [0.3, 0.4) is 0 Å². The third-order valence-corrected chi connectivity index (χ3v) is 5.69. The van der Waals surface area contributed by atoms with E-state index in [0.717, 1.165) is 30.6 Å². The second-order valence-corrected chi connectivity index (χ2v) is 6.98. The van der Waals surface area contributed by atoms with Gasteiger partial charge in [0, 0.05) is 32.7 Å². The molecule has 2 heterocycles. The lowest BCUT2D eigenvalue weighted by Crippen LogP contribution is -2.42. The Labute approximate surface area is 114 Å². The molecule has 0 saturated carbocycles. The number of fused-ring (bicyclic) bond motifs is 1. The summed E-state index contributed by atoms with van der Waals surface area (Å²) in [6.45, 7) is 3.81. The SMILES string of the molecule is O=S(=O)(N1CCCNCC1)N1Cc2ccccc2C1. The molecule has 5 nitrogen and oxygen atoms in total. The van der Waals surface area contributed by atoms with Gasteiger partial charge in [0.1, 0.15) is 0 Å². The van der Waals surface area contributed by atoms with Crippen molar-refractivity contribution >= 4 is 10.2 Å². The average molecular weight is 281 g/mol. The fraction of sp³-hybridized carbons (Fsp3) is 0.538. The summed E-state index contributed by atoms with van der Waals surface area (Å²) in [6, 6.07) is 7.94. The van der Waals surface area contributed by atoms with Crippen molar-refractivity contribution in [3.8, 4) is 0 Å². The fourth-order valence-electron chi connectivity index (χ4n) is 2.68. The van der Waals surface area contributed by atoms with Gasteiger partial charge in [-0.3, -0.25) is 0 Å². The minimum absolute atomic E-state index is 0.502. The topological polar surface area (TPSA) is 52.7 Å². The lowest BCUT2D eigenvalue weighted by molar-refractivity contribution is 0.350. The van der Waals surface area contributed by atoms with E-state index in [-0.39, 0.29) is 0 Å². The molecule has 1 fully saturated rings. The molecule has 0 atom stereocenters. The van der Waals surface area contributed by atoms with Gasteiger partial charge in [-0.05, 0) is 24.1 Å². The van der Waals surface area contributed by atoms with Crippen LogP contribution in [-0.4, -0.2) is 43.2 Å². The molecule has 0 bridgehead atoms. The first-order chi connectivity index (χ1) is 9.18. The molecule has 1 aromatic rings. The van der Waals surface area contributed by atoms with Crippen LogP contribution in [0.2, 0.25) is 0 Å². The quantitative estimate of drug-likeness (QED) is 0.861. The number of benzene rings is 1. The van der Waals surface area contributed by atoms with Gasteiger partial charge >= 0.3 is 0 Å². The molecule has 104 valence electrons. The lowest BCUT2D eigenvalue weighted by atomic mass is 10.1. The van der Waals surface area contributed by atoms with E-state index in [1.807, 2.05) is 24.3 Å². The van der Waals surface area contributed by atoms with E-state index in [4.69, 9.17) is 0 Å². The Balaban J connectivity index is 1.79. The van der Waals surface area contributed by atoms with Crippen molar-refractivity contribution in [2.24, 2.45) is 0 Å². The van der Waals surface area contributed by atoms with Crippen LogP contribution in [0.5, 0.6) is 0 Å². The highest BCUT2D eigenvalue weighted by Gasteiger charge is 2.33. The maximum Gasteiger partial charge on any atom is 0.282 e. The van der Waals surface area contributed by atoms with E-state index in [1.54, 1.807) is 8.61 Å². The van der Waals surface area contributed by atoms with Gasteiger partial charge in [-0.25, -0.2) is 0 Å². The van der Waals surface area contributed by atoms with Crippen LogP contribution >= 0.6 is 0 Å². The monoisotopic (exact) mass is 281 g/mol. The second kappa shape index (κ2) is 5.20. The van der Waals surface area contributed by atoms with E-state index in [1.165, 1.54) is 0 Å². The molecule has 1 N–H and O–H groups in total. The highest BCUT2D eigenvalue weighted by Crippen LogP contribution is 2.26. The molecule has 19 heavy (non-hydrogen) atoms. The van der Waals surface area contributed by atoms with Crippen LogP contribution in [0.4, 0.5) is 0 Å². The molecule has 6 heteroatoms. The Kier molecular flexibility index (Phi) is 3.58. The van der Waals surface area contributed by atoms with Gasteiger partial charge in [-0.15, -0.1) is 0 Å². The first-order valence-corrected chi connectivity index (χ1v) is 8.10. The molecule has 1 saturated heterocycles. The Hall–Kier alpha value is -0.950. The summed E-state index contributed by atoms with van der Waals surface area (Å²) in [4.78, 5) is 0. The number of nitrogens with zero attached hydrogens (tertiary/aromatic N) is 2. The standard InChI is InChI=1S/C13H19N3O2S/c17-19(18,15-8-3-6-14-7-9-15)16-10-12-4-1-2-5-13(12)11-16/h1-2,4-5,14H,3,6-11H2. The number of hydrogen-bond acceptors (Lipinski definition) is 3. The van der Waals surface area contributed by atoms with Crippen LogP contribution in [0, 0.1) is 0 Å². The molecule has 2 aliphatic rings. The van der Waals surface area contributed by atoms with Crippen molar-refractivity contribution in [1.82, 2.24) is 13.9 Å². The summed E-state index contributed by atoms with van der Waals surface area (Å²) in [7, 11) is -3.33. The predicted molar refractivity (Wildman–Crippen MR) is 73.7 cm³/mol. The summed E-state index contributed by atoms with van der Waals surface area (Å²) in [6.07, 6.45) is 0.875. The van der Waals surface area contributed by atoms with E-state index in [2.05, 4.69) is 5.32 Å². The Morgan fingerprint density at radius 2 is 1.63 bits per heavy atom. The Morgan fingerprint density at radius 3 is 2.32 bits per heavy atom. The van der Waals surface area contributed by atoms with Gasteiger partial charge < -0.3 is 5.32 Å². The van der Waals surface area contributed by atoms with E-state index in [0.29, 0.717) is 26.2 Å². The zero-order chi connectivity index (χ0) is 13.3. The number of nitrogens with one attached hydrogen (secondary N) is 1. The smallest absolute Gasteiger partial charge is 0.282 e. The van der Waals surface area contributed by atoms with Gasteiger partial charge in [-0.1, -0.05) is 24.3 Å². The fourth-order valence-corrected chi connectivity index (χ4v) is 4.29. The first kappa shape index (κ1) is 13.1. The first-order valence-electron chi connectivity index (χ1n) is 6.70. The molecule has 2 aliphatic heterocycles. The summed E-state index contributed by atoms with van der Waals surface area (Å²) in [5.74, 6) is 0. The molecule has 0 amide bonds. The zero-order valence-electron chi connectivity index (χ0n) is 10.9. The molecule has 0 spiro atoms. The molecule has 1 aromatic carbocycles. The maximum absolute atomic E-state index is 12.6. The second-order valence-electron chi connectivity index (χ2n) is 5.05. The van der Waals surface area contributed by atoms with Gasteiger partial charge in [0.2, 0.25) is 0 Å². The van der Waals surface area contributed by atoms with Crippen LogP contribution < -0.4 is 5.32 Å².